The van der Waals surface area contributed by atoms with E-state index < -0.39 is 0 Å². The smallest absolute Gasteiger partial charge is 0.249 e. The number of nitrogens with two attached hydrogens (primary N) is 1. The van der Waals surface area contributed by atoms with E-state index in [-0.39, 0.29) is 17.9 Å². The zero-order valence-electron chi connectivity index (χ0n) is 13.0. The molecule has 1 saturated heterocycles. The fraction of sp³-hybridized carbons (Fsp3) is 0.529. The lowest BCUT2D eigenvalue weighted by atomic mass is 10.1. The van der Waals surface area contributed by atoms with E-state index in [2.05, 4.69) is 5.32 Å². The molecule has 0 aromatic heterocycles. The summed E-state index contributed by atoms with van der Waals surface area (Å²) >= 11 is 0. The van der Waals surface area contributed by atoms with E-state index in [4.69, 9.17) is 5.73 Å². The van der Waals surface area contributed by atoms with Gasteiger partial charge in [0, 0.05) is 18.7 Å². The molecular weight excluding hydrogens is 278 g/mol. The third-order valence-corrected chi connectivity index (χ3v) is 3.97. The van der Waals surface area contributed by atoms with Crippen molar-refractivity contribution in [2.75, 3.05) is 18.0 Å². The Morgan fingerprint density at radius 2 is 1.91 bits per heavy atom. The number of rotatable bonds is 8. The minimum absolute atomic E-state index is 0.0114. The molecule has 22 heavy (non-hydrogen) atoms. The van der Waals surface area contributed by atoms with Gasteiger partial charge in [-0.05, 0) is 37.9 Å². The SMILES string of the molecule is NCCCCCCC(=O)NC1CCN(c2ccccc2)C1=O. The third kappa shape index (κ3) is 4.56. The summed E-state index contributed by atoms with van der Waals surface area (Å²) in [6.45, 7) is 1.36. The number of unbranched alkanes of at least 4 members (excludes halogenated alkanes) is 3. The molecule has 1 unspecified atom stereocenters. The van der Waals surface area contributed by atoms with Gasteiger partial charge in [0.1, 0.15) is 6.04 Å². The topological polar surface area (TPSA) is 75.4 Å². The molecule has 2 amide bonds. The molecule has 120 valence electrons. The van der Waals surface area contributed by atoms with E-state index >= 15 is 0 Å². The molecule has 1 aromatic rings. The molecule has 3 N–H and O–H groups in total. The Kier molecular flexibility index (Phi) is 6.40. The van der Waals surface area contributed by atoms with Crippen LogP contribution in [0, 0.1) is 0 Å². The zero-order valence-corrected chi connectivity index (χ0v) is 13.0. The zero-order chi connectivity index (χ0) is 15.8. The first-order chi connectivity index (χ1) is 10.7. The second kappa shape index (κ2) is 8.54. The number of amides is 2. The van der Waals surface area contributed by atoms with E-state index in [9.17, 15) is 9.59 Å². The third-order valence-electron chi connectivity index (χ3n) is 3.97. The van der Waals surface area contributed by atoms with Gasteiger partial charge >= 0.3 is 0 Å². The molecule has 0 saturated carbocycles. The number of anilines is 1. The van der Waals surface area contributed by atoms with Crippen molar-refractivity contribution in [1.29, 1.82) is 0 Å². The first-order valence-corrected chi connectivity index (χ1v) is 8.08. The predicted octanol–water partition coefficient (Wildman–Crippen LogP) is 1.82. The van der Waals surface area contributed by atoms with Crippen LogP contribution in [-0.2, 0) is 9.59 Å². The van der Waals surface area contributed by atoms with Gasteiger partial charge in [-0.3, -0.25) is 9.59 Å². The van der Waals surface area contributed by atoms with Crippen molar-refractivity contribution < 1.29 is 9.59 Å². The first kappa shape index (κ1) is 16.5. The number of nitrogens with one attached hydrogen (secondary N) is 1. The molecule has 1 aliphatic heterocycles. The Morgan fingerprint density at radius 1 is 1.18 bits per heavy atom. The molecule has 5 nitrogen and oxygen atoms in total. The van der Waals surface area contributed by atoms with Gasteiger partial charge in [-0.2, -0.15) is 0 Å². The maximum atomic E-state index is 12.4. The largest absolute Gasteiger partial charge is 0.344 e. The lowest BCUT2D eigenvalue weighted by Gasteiger charge is -2.17. The molecular formula is C17H25N3O2. The average Bonchev–Trinajstić information content (AvgIpc) is 2.89. The number of benzene rings is 1. The van der Waals surface area contributed by atoms with Crippen molar-refractivity contribution in [2.24, 2.45) is 5.73 Å². The van der Waals surface area contributed by atoms with Crippen LogP contribution in [0.25, 0.3) is 0 Å². The summed E-state index contributed by atoms with van der Waals surface area (Å²) in [6, 6.07) is 9.20. The maximum Gasteiger partial charge on any atom is 0.249 e. The Bertz CT molecular complexity index is 490. The molecule has 1 atom stereocenters. The molecule has 0 spiro atoms. The molecule has 0 aliphatic carbocycles. The van der Waals surface area contributed by atoms with Crippen LogP contribution in [0.5, 0.6) is 0 Å². The van der Waals surface area contributed by atoms with Gasteiger partial charge in [0.15, 0.2) is 0 Å². The molecule has 1 aliphatic rings. The highest BCUT2D eigenvalue weighted by Gasteiger charge is 2.33. The molecule has 0 bridgehead atoms. The van der Waals surface area contributed by atoms with Crippen LogP contribution < -0.4 is 16.0 Å². The van der Waals surface area contributed by atoms with E-state index in [1.165, 1.54) is 0 Å². The Balaban J connectivity index is 1.75. The van der Waals surface area contributed by atoms with E-state index in [0.29, 0.717) is 25.9 Å². The van der Waals surface area contributed by atoms with Crippen LogP contribution in [0.15, 0.2) is 30.3 Å². The number of carbonyl (C=O) groups excluding carboxylic acids is 2. The quantitative estimate of drug-likeness (QED) is 0.719. The summed E-state index contributed by atoms with van der Waals surface area (Å²) in [5.74, 6) is -0.0382. The molecule has 5 heteroatoms. The standard InChI is InChI=1S/C17H25N3O2/c18-12-7-2-1-6-10-16(21)19-15-11-13-20(17(15)22)14-8-4-3-5-9-14/h3-5,8-9,15H,1-2,6-7,10-13,18H2,(H,19,21). The van der Waals surface area contributed by atoms with Crippen molar-refractivity contribution in [1.82, 2.24) is 5.32 Å². The minimum Gasteiger partial charge on any atom is -0.344 e. The molecule has 1 fully saturated rings. The molecule has 0 radical (unpaired) electrons. The highest BCUT2D eigenvalue weighted by atomic mass is 16.2. The van der Waals surface area contributed by atoms with Gasteiger partial charge in [0.2, 0.25) is 11.8 Å². The summed E-state index contributed by atoms with van der Waals surface area (Å²) in [5, 5.41) is 2.86. The van der Waals surface area contributed by atoms with Crippen molar-refractivity contribution in [2.45, 2.75) is 44.6 Å². The van der Waals surface area contributed by atoms with E-state index in [0.717, 1.165) is 31.4 Å². The highest BCUT2D eigenvalue weighted by Crippen LogP contribution is 2.21. The lowest BCUT2D eigenvalue weighted by Crippen LogP contribution is -2.41. The van der Waals surface area contributed by atoms with Gasteiger partial charge < -0.3 is 16.0 Å². The Labute approximate surface area is 131 Å². The lowest BCUT2D eigenvalue weighted by molar-refractivity contribution is -0.126. The van der Waals surface area contributed by atoms with Crippen LogP contribution in [0.2, 0.25) is 0 Å². The van der Waals surface area contributed by atoms with Crippen molar-refractivity contribution >= 4 is 17.5 Å². The van der Waals surface area contributed by atoms with E-state index in [1.807, 2.05) is 30.3 Å². The Hall–Kier alpha value is -1.88. The number of nitrogens with zero attached hydrogens (tertiary/aromatic N) is 1. The van der Waals surface area contributed by atoms with Gasteiger partial charge in [-0.15, -0.1) is 0 Å². The number of hydrogen-bond donors (Lipinski definition) is 2. The van der Waals surface area contributed by atoms with Crippen LogP contribution in [0.3, 0.4) is 0 Å². The van der Waals surface area contributed by atoms with E-state index in [1.54, 1.807) is 4.90 Å². The van der Waals surface area contributed by atoms with Crippen LogP contribution in [0.4, 0.5) is 5.69 Å². The van der Waals surface area contributed by atoms with Crippen molar-refractivity contribution in [3.05, 3.63) is 30.3 Å². The van der Waals surface area contributed by atoms with Gasteiger partial charge in [-0.1, -0.05) is 31.0 Å². The monoisotopic (exact) mass is 303 g/mol. The van der Waals surface area contributed by atoms with Gasteiger partial charge in [0.25, 0.3) is 0 Å². The summed E-state index contributed by atoms with van der Waals surface area (Å²) in [5.41, 5.74) is 6.33. The second-order valence-electron chi connectivity index (χ2n) is 5.69. The minimum atomic E-state index is -0.378. The summed E-state index contributed by atoms with van der Waals surface area (Å²) < 4.78 is 0. The number of carbonyl (C=O) groups is 2. The second-order valence-corrected chi connectivity index (χ2v) is 5.69. The summed E-state index contributed by atoms with van der Waals surface area (Å²) in [7, 11) is 0. The molecule has 2 rings (SSSR count). The average molecular weight is 303 g/mol. The van der Waals surface area contributed by atoms with Crippen molar-refractivity contribution in [3.8, 4) is 0 Å². The van der Waals surface area contributed by atoms with Gasteiger partial charge in [0.05, 0.1) is 0 Å². The van der Waals surface area contributed by atoms with Gasteiger partial charge in [-0.25, -0.2) is 0 Å². The number of para-hydroxylation sites is 1. The highest BCUT2D eigenvalue weighted by molar-refractivity contribution is 6.01. The molecule has 1 aromatic carbocycles. The fourth-order valence-corrected chi connectivity index (χ4v) is 2.73. The van der Waals surface area contributed by atoms with Crippen LogP contribution in [0.1, 0.15) is 38.5 Å². The first-order valence-electron chi connectivity index (χ1n) is 8.08. The number of hydrogen-bond acceptors (Lipinski definition) is 3. The Morgan fingerprint density at radius 3 is 2.64 bits per heavy atom. The normalized spacial score (nSPS) is 17.8. The predicted molar refractivity (Wildman–Crippen MR) is 87.5 cm³/mol. The summed E-state index contributed by atoms with van der Waals surface area (Å²) in [4.78, 5) is 26.0. The van der Waals surface area contributed by atoms with Crippen LogP contribution >= 0.6 is 0 Å². The van der Waals surface area contributed by atoms with Crippen LogP contribution in [-0.4, -0.2) is 30.9 Å². The fourth-order valence-electron chi connectivity index (χ4n) is 2.73. The molecule has 1 heterocycles. The summed E-state index contributed by atoms with van der Waals surface area (Å²) in [6.07, 6.45) is 5.10. The van der Waals surface area contributed by atoms with Crippen molar-refractivity contribution in [3.63, 3.8) is 0 Å². The maximum absolute atomic E-state index is 12.4.